The van der Waals surface area contributed by atoms with E-state index in [0.29, 0.717) is 30.3 Å². The van der Waals surface area contributed by atoms with E-state index in [9.17, 15) is 17.6 Å². The summed E-state index contributed by atoms with van der Waals surface area (Å²) in [6.07, 6.45) is 2.64. The Labute approximate surface area is 198 Å². The Morgan fingerprint density at radius 3 is 2.32 bits per heavy atom. The molecule has 9 heteroatoms. The number of amides is 1. The van der Waals surface area contributed by atoms with Gasteiger partial charge in [-0.3, -0.25) is 4.79 Å². The van der Waals surface area contributed by atoms with E-state index in [1.807, 2.05) is 6.07 Å². The molecule has 3 aromatic rings. The van der Waals surface area contributed by atoms with Crippen LogP contribution in [0.15, 0.2) is 77.7 Å². The molecule has 0 unspecified atom stereocenters. The quantitative estimate of drug-likeness (QED) is 0.496. The van der Waals surface area contributed by atoms with E-state index in [2.05, 4.69) is 5.32 Å². The largest absolute Gasteiger partial charge is 0.484 e. The summed E-state index contributed by atoms with van der Waals surface area (Å²) >= 11 is 0. The molecule has 1 fully saturated rings. The highest BCUT2D eigenvalue weighted by atomic mass is 32.2. The van der Waals surface area contributed by atoms with E-state index in [-0.39, 0.29) is 17.2 Å². The van der Waals surface area contributed by atoms with Gasteiger partial charge < -0.3 is 14.8 Å². The second kappa shape index (κ2) is 10.7. The van der Waals surface area contributed by atoms with Crippen molar-refractivity contribution in [1.29, 1.82) is 0 Å². The van der Waals surface area contributed by atoms with E-state index in [1.165, 1.54) is 46.8 Å². The number of nitrogens with one attached hydrogen (secondary N) is 1. The number of carbonyl (C=O) groups excluding carboxylic acids is 1. The second-order valence-corrected chi connectivity index (χ2v) is 9.77. The zero-order chi connectivity index (χ0) is 24.0. The molecule has 0 aliphatic carbocycles. The summed E-state index contributed by atoms with van der Waals surface area (Å²) in [6.45, 7) is 0.592. The molecule has 1 heterocycles. The van der Waals surface area contributed by atoms with Gasteiger partial charge in [-0.1, -0.05) is 24.6 Å². The van der Waals surface area contributed by atoms with Gasteiger partial charge in [-0.25, -0.2) is 12.8 Å². The van der Waals surface area contributed by atoms with Gasteiger partial charge in [-0.2, -0.15) is 4.31 Å². The van der Waals surface area contributed by atoms with Gasteiger partial charge in [-0.05, 0) is 67.4 Å². The Balaban J connectivity index is 1.56. The first kappa shape index (κ1) is 23.7. The summed E-state index contributed by atoms with van der Waals surface area (Å²) < 4.78 is 52.1. The van der Waals surface area contributed by atoms with Crippen molar-refractivity contribution in [2.45, 2.75) is 24.2 Å². The third-order valence-electron chi connectivity index (χ3n) is 5.33. The van der Waals surface area contributed by atoms with E-state index in [4.69, 9.17) is 9.47 Å². The van der Waals surface area contributed by atoms with E-state index in [1.54, 1.807) is 24.3 Å². The number of sulfonamides is 1. The molecule has 0 spiro atoms. The smallest absolute Gasteiger partial charge is 0.262 e. The van der Waals surface area contributed by atoms with Crippen LogP contribution in [-0.2, 0) is 14.8 Å². The number of hydrogen-bond donors (Lipinski definition) is 1. The molecule has 4 rings (SSSR count). The third-order valence-corrected chi connectivity index (χ3v) is 7.23. The average Bonchev–Trinajstić information content (AvgIpc) is 2.86. The van der Waals surface area contributed by atoms with Crippen molar-refractivity contribution < 1.29 is 27.1 Å². The predicted molar refractivity (Wildman–Crippen MR) is 126 cm³/mol. The molecular formula is C25H25FN2O5S. The predicted octanol–water partition coefficient (Wildman–Crippen LogP) is 4.81. The highest BCUT2D eigenvalue weighted by Crippen LogP contribution is 2.33. The van der Waals surface area contributed by atoms with Crippen LogP contribution in [0.4, 0.5) is 10.1 Å². The highest BCUT2D eigenvalue weighted by Gasteiger charge is 2.27. The van der Waals surface area contributed by atoms with Gasteiger partial charge in [0, 0.05) is 13.1 Å². The van der Waals surface area contributed by atoms with Crippen molar-refractivity contribution in [2.24, 2.45) is 0 Å². The molecule has 1 N–H and O–H groups in total. The number of para-hydroxylation sites is 1. The summed E-state index contributed by atoms with van der Waals surface area (Å²) in [6, 6.07) is 18.7. The topological polar surface area (TPSA) is 84.9 Å². The van der Waals surface area contributed by atoms with Crippen LogP contribution in [0.1, 0.15) is 19.3 Å². The van der Waals surface area contributed by atoms with Crippen molar-refractivity contribution in [1.82, 2.24) is 4.31 Å². The van der Waals surface area contributed by atoms with Gasteiger partial charge in [0.15, 0.2) is 12.4 Å². The van der Waals surface area contributed by atoms with Crippen LogP contribution in [0, 0.1) is 5.82 Å². The molecule has 178 valence electrons. The normalized spacial score (nSPS) is 14.4. The number of hydrogen-bond acceptors (Lipinski definition) is 5. The zero-order valence-electron chi connectivity index (χ0n) is 18.4. The first-order chi connectivity index (χ1) is 16.4. The Morgan fingerprint density at radius 1 is 0.912 bits per heavy atom. The summed E-state index contributed by atoms with van der Waals surface area (Å²) in [5.74, 6) is 0.228. The maximum atomic E-state index is 13.2. The maximum Gasteiger partial charge on any atom is 0.262 e. The van der Waals surface area contributed by atoms with Crippen molar-refractivity contribution in [3.8, 4) is 17.2 Å². The Kier molecular flexibility index (Phi) is 7.44. The molecule has 1 aliphatic heterocycles. The number of nitrogens with zero attached hydrogens (tertiary/aromatic N) is 1. The van der Waals surface area contributed by atoms with Crippen LogP contribution in [-0.4, -0.2) is 38.3 Å². The van der Waals surface area contributed by atoms with Crippen LogP contribution < -0.4 is 14.8 Å². The van der Waals surface area contributed by atoms with Crippen molar-refractivity contribution in [3.63, 3.8) is 0 Å². The summed E-state index contributed by atoms with van der Waals surface area (Å²) in [5, 5.41) is 2.68. The fourth-order valence-corrected chi connectivity index (χ4v) is 5.14. The molecule has 34 heavy (non-hydrogen) atoms. The molecule has 0 aromatic heterocycles. The summed E-state index contributed by atoms with van der Waals surface area (Å²) in [4.78, 5) is 12.7. The van der Waals surface area contributed by atoms with Crippen LogP contribution in [0.5, 0.6) is 17.2 Å². The molecule has 1 saturated heterocycles. The number of halogens is 1. The lowest BCUT2D eigenvalue weighted by Crippen LogP contribution is -2.35. The first-order valence-electron chi connectivity index (χ1n) is 11.0. The monoisotopic (exact) mass is 484 g/mol. The number of anilines is 1. The average molecular weight is 485 g/mol. The number of rotatable bonds is 8. The molecule has 0 bridgehead atoms. The number of ether oxygens (including phenoxy) is 2. The van der Waals surface area contributed by atoms with Crippen LogP contribution >= 0.6 is 0 Å². The number of piperidine rings is 1. The van der Waals surface area contributed by atoms with Crippen LogP contribution in [0.3, 0.4) is 0 Å². The number of carbonyl (C=O) groups is 1. The molecule has 3 aromatic carbocycles. The van der Waals surface area contributed by atoms with E-state index >= 15 is 0 Å². The van der Waals surface area contributed by atoms with Gasteiger partial charge in [0.05, 0.1) is 10.6 Å². The molecule has 0 radical (unpaired) electrons. The lowest BCUT2D eigenvalue weighted by atomic mass is 10.2. The molecule has 1 aliphatic rings. The number of benzene rings is 3. The van der Waals surface area contributed by atoms with Crippen LogP contribution in [0.2, 0.25) is 0 Å². The highest BCUT2D eigenvalue weighted by molar-refractivity contribution is 7.89. The lowest BCUT2D eigenvalue weighted by molar-refractivity contribution is -0.118. The minimum absolute atomic E-state index is 0.0737. The third kappa shape index (κ3) is 5.92. The van der Waals surface area contributed by atoms with Gasteiger partial charge in [0.25, 0.3) is 5.91 Å². The minimum atomic E-state index is -3.71. The van der Waals surface area contributed by atoms with E-state index < -0.39 is 21.7 Å². The maximum absolute atomic E-state index is 13.2. The Hall–Kier alpha value is -3.43. The van der Waals surface area contributed by atoms with Gasteiger partial charge >= 0.3 is 0 Å². The SMILES string of the molecule is O=C(COc1ccc(F)cc1)Nc1cc(S(=O)(=O)N2CCCCC2)ccc1Oc1ccccc1. The van der Waals surface area contributed by atoms with E-state index in [0.717, 1.165) is 19.3 Å². The molecule has 0 saturated carbocycles. The molecule has 1 amide bonds. The molecule has 0 atom stereocenters. The molecule has 7 nitrogen and oxygen atoms in total. The zero-order valence-corrected chi connectivity index (χ0v) is 19.3. The van der Waals surface area contributed by atoms with Gasteiger partial charge in [-0.15, -0.1) is 0 Å². The fraction of sp³-hybridized carbons (Fsp3) is 0.240. The summed E-state index contributed by atoms with van der Waals surface area (Å²) in [7, 11) is -3.71. The van der Waals surface area contributed by atoms with Gasteiger partial charge in [0.1, 0.15) is 17.3 Å². The van der Waals surface area contributed by atoms with Crippen LogP contribution in [0.25, 0.3) is 0 Å². The standard InChI is InChI=1S/C25H25FN2O5S/c26-19-9-11-20(12-10-19)32-18-25(29)27-23-17-22(34(30,31)28-15-5-2-6-16-28)13-14-24(23)33-21-7-3-1-4-8-21/h1,3-4,7-14,17H,2,5-6,15-16,18H2,(H,27,29). The second-order valence-electron chi connectivity index (χ2n) is 7.83. The summed E-state index contributed by atoms with van der Waals surface area (Å²) in [5.41, 5.74) is 0.203. The van der Waals surface area contributed by atoms with Crippen molar-refractivity contribution in [3.05, 3.63) is 78.6 Å². The Morgan fingerprint density at radius 2 is 1.62 bits per heavy atom. The van der Waals surface area contributed by atoms with Gasteiger partial charge in [0.2, 0.25) is 10.0 Å². The first-order valence-corrected chi connectivity index (χ1v) is 12.4. The molecular weight excluding hydrogens is 459 g/mol. The minimum Gasteiger partial charge on any atom is -0.484 e. The lowest BCUT2D eigenvalue weighted by Gasteiger charge is -2.26. The van der Waals surface area contributed by atoms with Crippen molar-refractivity contribution in [2.75, 3.05) is 25.0 Å². The van der Waals surface area contributed by atoms with Crippen molar-refractivity contribution >= 4 is 21.6 Å². The Bertz CT molecular complexity index is 1230. The fourth-order valence-electron chi connectivity index (χ4n) is 3.59.